The summed E-state index contributed by atoms with van der Waals surface area (Å²) in [6.07, 6.45) is 4.19. The van der Waals surface area contributed by atoms with Gasteiger partial charge < -0.3 is 9.88 Å². The zero-order chi connectivity index (χ0) is 24.6. The molecule has 4 aromatic rings. The van der Waals surface area contributed by atoms with Crippen LogP contribution in [-0.2, 0) is 20.2 Å². The average molecular weight is 514 g/mol. The van der Waals surface area contributed by atoms with Crippen LogP contribution in [-0.4, -0.2) is 41.2 Å². The Hall–Kier alpha value is -3.15. The smallest absolute Gasteiger partial charge is 0.263 e. The number of anilines is 1. The molecular weight excluding hydrogens is 489 g/mol. The topological polar surface area (TPSA) is 106 Å². The molecule has 8 nitrogen and oxygen atoms in total. The number of nitrogens with zero attached hydrogens (tertiary/aromatic N) is 3. The normalized spacial score (nSPS) is 16.7. The second kappa shape index (κ2) is 9.14. The number of hydrogen-bond donors (Lipinski definition) is 2. The van der Waals surface area contributed by atoms with Crippen molar-refractivity contribution in [2.24, 2.45) is 0 Å². The third-order valence-electron chi connectivity index (χ3n) is 6.74. The van der Waals surface area contributed by atoms with Gasteiger partial charge in [-0.05, 0) is 68.8 Å². The maximum absolute atomic E-state index is 14.2. The molecule has 3 heterocycles. The van der Waals surface area contributed by atoms with E-state index in [2.05, 4.69) is 19.4 Å². The lowest BCUT2D eigenvalue weighted by Crippen LogP contribution is -2.47. The maximum Gasteiger partial charge on any atom is 0.263 e. The van der Waals surface area contributed by atoms with Gasteiger partial charge in [-0.3, -0.25) is 9.52 Å². The molecule has 0 bridgehead atoms. The molecule has 1 saturated heterocycles. The Morgan fingerprint density at radius 3 is 2.60 bits per heavy atom. The van der Waals surface area contributed by atoms with Gasteiger partial charge in [0, 0.05) is 23.1 Å². The van der Waals surface area contributed by atoms with E-state index in [4.69, 9.17) is 0 Å². The van der Waals surface area contributed by atoms with Gasteiger partial charge in [0.1, 0.15) is 12.1 Å². The molecule has 1 aliphatic rings. The third-order valence-corrected chi connectivity index (χ3v) is 8.80. The second-order valence-corrected chi connectivity index (χ2v) is 11.1. The Balaban J connectivity index is 1.48. The predicted octanol–water partition coefficient (Wildman–Crippen LogP) is 3.88. The number of piperidine rings is 1. The molecule has 0 aliphatic carbocycles. The van der Waals surface area contributed by atoms with E-state index >= 15 is 0 Å². The van der Waals surface area contributed by atoms with Gasteiger partial charge in [-0.15, -0.1) is 0 Å². The van der Waals surface area contributed by atoms with E-state index < -0.39 is 21.5 Å². The quantitative estimate of drug-likeness (QED) is 0.389. The number of carbonyl (C=O) groups excluding carboxylic acids is 1. The highest BCUT2D eigenvalue weighted by Gasteiger charge is 2.43. The van der Waals surface area contributed by atoms with Crippen molar-refractivity contribution in [3.8, 4) is 0 Å². The third kappa shape index (κ3) is 4.24. The van der Waals surface area contributed by atoms with E-state index in [1.165, 1.54) is 24.5 Å². The van der Waals surface area contributed by atoms with Crippen molar-refractivity contribution in [3.63, 3.8) is 0 Å². The van der Waals surface area contributed by atoms with Crippen LogP contribution in [0, 0.1) is 5.82 Å². The summed E-state index contributed by atoms with van der Waals surface area (Å²) in [5.41, 5.74) is 0.649. The van der Waals surface area contributed by atoms with E-state index in [-0.39, 0.29) is 21.6 Å². The number of fused-ring (bicyclic) bond motifs is 1. The van der Waals surface area contributed by atoms with Crippen molar-refractivity contribution in [1.82, 2.24) is 19.2 Å². The highest BCUT2D eigenvalue weighted by Crippen LogP contribution is 2.39. The van der Waals surface area contributed by atoms with Gasteiger partial charge in [0.15, 0.2) is 5.78 Å². The fourth-order valence-electron chi connectivity index (χ4n) is 4.89. The maximum atomic E-state index is 14.2. The van der Waals surface area contributed by atoms with E-state index in [9.17, 15) is 17.6 Å². The molecule has 35 heavy (non-hydrogen) atoms. The van der Waals surface area contributed by atoms with Crippen LogP contribution >= 0.6 is 11.5 Å². The number of nitrogens with one attached hydrogen (secondary N) is 2. The lowest BCUT2D eigenvalue weighted by atomic mass is 9.68. The molecule has 2 N–H and O–H groups in total. The second-order valence-electron chi connectivity index (χ2n) is 8.64. The number of aromatic nitrogens is 3. The van der Waals surface area contributed by atoms with Crippen molar-refractivity contribution in [2.75, 3.05) is 17.8 Å². The molecular formula is C24H24FN5O3S2. The minimum atomic E-state index is -3.83. The molecule has 0 radical (unpaired) electrons. The Kier molecular flexibility index (Phi) is 6.16. The summed E-state index contributed by atoms with van der Waals surface area (Å²) in [6, 6.07) is 12.5. The van der Waals surface area contributed by atoms with E-state index in [1.54, 1.807) is 30.5 Å². The van der Waals surface area contributed by atoms with E-state index in [0.29, 0.717) is 36.8 Å². The summed E-state index contributed by atoms with van der Waals surface area (Å²) < 4.78 is 47.7. The van der Waals surface area contributed by atoms with Crippen molar-refractivity contribution in [2.45, 2.75) is 36.1 Å². The van der Waals surface area contributed by atoms with Gasteiger partial charge in [0.25, 0.3) is 10.0 Å². The van der Waals surface area contributed by atoms with Crippen LogP contribution in [0.4, 0.5) is 9.52 Å². The van der Waals surface area contributed by atoms with Crippen molar-refractivity contribution in [1.29, 1.82) is 0 Å². The molecule has 1 unspecified atom stereocenters. The zero-order valence-electron chi connectivity index (χ0n) is 18.9. The molecule has 0 amide bonds. The number of carbonyl (C=O) groups is 1. The first kappa shape index (κ1) is 23.6. The summed E-state index contributed by atoms with van der Waals surface area (Å²) in [5, 5.41) is 3.97. The molecule has 1 fully saturated rings. The molecule has 2 aromatic carbocycles. The number of halogens is 1. The largest absolute Gasteiger partial charge is 0.337 e. The fourth-order valence-corrected chi connectivity index (χ4v) is 6.55. The van der Waals surface area contributed by atoms with Gasteiger partial charge >= 0.3 is 0 Å². The first-order chi connectivity index (χ1) is 16.8. The summed E-state index contributed by atoms with van der Waals surface area (Å²) in [6.45, 7) is 3.16. The van der Waals surface area contributed by atoms with Crippen LogP contribution in [0.2, 0.25) is 0 Å². The van der Waals surface area contributed by atoms with Gasteiger partial charge in [-0.1, -0.05) is 18.2 Å². The number of hydrogen-bond acceptors (Lipinski definition) is 7. The van der Waals surface area contributed by atoms with Crippen molar-refractivity contribution >= 4 is 43.4 Å². The number of benzene rings is 2. The van der Waals surface area contributed by atoms with Gasteiger partial charge in [0.2, 0.25) is 5.13 Å². The molecule has 1 atom stereocenters. The minimum Gasteiger partial charge on any atom is -0.337 e. The molecule has 182 valence electrons. The summed E-state index contributed by atoms with van der Waals surface area (Å²) >= 11 is 0.948. The van der Waals surface area contributed by atoms with Crippen LogP contribution in [0.15, 0.2) is 66.0 Å². The number of rotatable bonds is 7. The lowest BCUT2D eigenvalue weighted by molar-refractivity contribution is -0.128. The lowest BCUT2D eigenvalue weighted by Gasteiger charge is -2.39. The van der Waals surface area contributed by atoms with Crippen LogP contribution in [0.5, 0.6) is 0 Å². The highest BCUT2D eigenvalue weighted by atomic mass is 32.2. The molecule has 5 rings (SSSR count). The van der Waals surface area contributed by atoms with Crippen molar-refractivity contribution in [3.05, 3.63) is 72.4 Å². The first-order valence-electron chi connectivity index (χ1n) is 11.2. The Morgan fingerprint density at radius 2 is 1.91 bits per heavy atom. The monoisotopic (exact) mass is 513 g/mol. The first-order valence-corrected chi connectivity index (χ1v) is 13.5. The van der Waals surface area contributed by atoms with Crippen LogP contribution in [0.25, 0.3) is 10.9 Å². The van der Waals surface area contributed by atoms with E-state index in [0.717, 1.165) is 17.1 Å². The van der Waals surface area contributed by atoms with Crippen LogP contribution in [0.1, 0.15) is 31.4 Å². The molecule has 0 saturated carbocycles. The molecule has 0 spiro atoms. The van der Waals surface area contributed by atoms with Gasteiger partial charge in [-0.2, -0.15) is 4.37 Å². The van der Waals surface area contributed by atoms with Gasteiger partial charge in [0.05, 0.1) is 21.9 Å². The Bertz CT molecular complexity index is 1460. The average Bonchev–Trinajstić information content (AvgIpc) is 3.54. The summed E-state index contributed by atoms with van der Waals surface area (Å²) in [4.78, 5) is 18.0. The number of ketones is 1. The summed E-state index contributed by atoms with van der Waals surface area (Å²) in [5.74, 6) is -0.306. The SMILES string of the molecule is CC(C(=O)C1(c2ccc(S(=O)(=O)Nc3ncns3)cc2)CCNCC1)n1ccc2c(F)cccc21. The summed E-state index contributed by atoms with van der Waals surface area (Å²) in [7, 11) is -3.83. The van der Waals surface area contributed by atoms with Gasteiger partial charge in [-0.25, -0.2) is 17.8 Å². The van der Waals surface area contributed by atoms with Crippen molar-refractivity contribution < 1.29 is 17.6 Å². The molecule has 1 aliphatic heterocycles. The van der Waals surface area contributed by atoms with E-state index in [1.807, 2.05) is 17.6 Å². The molecule has 11 heteroatoms. The molecule has 2 aromatic heterocycles. The Morgan fingerprint density at radius 1 is 1.17 bits per heavy atom. The minimum absolute atomic E-state index is 0.0170. The highest BCUT2D eigenvalue weighted by molar-refractivity contribution is 7.93. The van der Waals surface area contributed by atoms with Crippen LogP contribution in [0.3, 0.4) is 0 Å². The Labute approximate surface area is 206 Å². The zero-order valence-corrected chi connectivity index (χ0v) is 20.6. The number of sulfonamides is 1. The predicted molar refractivity (Wildman–Crippen MR) is 133 cm³/mol. The fraction of sp³-hybridized carbons (Fsp3) is 0.292. The number of Topliss-reactive ketones (excluding diaryl/α,β-unsaturated/α-hetero) is 1. The standard InChI is InChI=1S/C24H24FN5O3S2/c1-16(30-14-9-19-20(25)3-2-4-21(19)30)22(31)24(10-12-26-13-11-24)17-5-7-18(8-6-17)35(32,33)29-23-27-15-28-34-23/h2-9,14-16,26H,10-13H2,1H3,(H,27,28,29). The van der Waals surface area contributed by atoms with Crippen LogP contribution < -0.4 is 10.0 Å².